The second-order valence-corrected chi connectivity index (χ2v) is 5.33. The van der Waals surface area contributed by atoms with Crippen LogP contribution in [0.3, 0.4) is 0 Å². The standard InChI is InChI=1S/C17H18N4O3/c1-24-17(23)14-4-2-3-13(7-14)10-21-12-16(9-19-21)15-8-18-20(11-15)5-6-22/h2-4,7-9,11-12,22H,5-6,10H2,1H3. The van der Waals surface area contributed by atoms with Gasteiger partial charge < -0.3 is 9.84 Å². The quantitative estimate of drug-likeness (QED) is 0.695. The molecule has 124 valence electrons. The average molecular weight is 326 g/mol. The first-order chi connectivity index (χ1) is 11.7. The number of hydrogen-bond donors (Lipinski definition) is 1. The summed E-state index contributed by atoms with van der Waals surface area (Å²) in [4.78, 5) is 11.6. The van der Waals surface area contributed by atoms with Crippen LogP contribution in [0.5, 0.6) is 0 Å². The number of nitrogens with zero attached hydrogens (tertiary/aromatic N) is 4. The molecule has 0 unspecified atom stereocenters. The molecule has 3 rings (SSSR count). The Kier molecular flexibility index (Phi) is 4.72. The van der Waals surface area contributed by atoms with Crippen molar-refractivity contribution in [2.45, 2.75) is 13.1 Å². The van der Waals surface area contributed by atoms with E-state index in [1.807, 2.05) is 24.5 Å². The number of benzene rings is 1. The van der Waals surface area contributed by atoms with Crippen LogP contribution in [0.4, 0.5) is 0 Å². The Bertz CT molecular complexity index is 838. The highest BCUT2D eigenvalue weighted by atomic mass is 16.5. The molecule has 0 bridgehead atoms. The lowest BCUT2D eigenvalue weighted by molar-refractivity contribution is 0.0600. The number of methoxy groups -OCH3 is 1. The molecular weight excluding hydrogens is 308 g/mol. The molecular formula is C17H18N4O3. The van der Waals surface area contributed by atoms with Gasteiger partial charge in [0.2, 0.25) is 0 Å². The molecule has 0 aliphatic rings. The van der Waals surface area contributed by atoms with Gasteiger partial charge in [-0.15, -0.1) is 0 Å². The van der Waals surface area contributed by atoms with Gasteiger partial charge in [-0.25, -0.2) is 4.79 Å². The van der Waals surface area contributed by atoms with Crippen LogP contribution in [0.25, 0.3) is 11.1 Å². The lowest BCUT2D eigenvalue weighted by Gasteiger charge is -2.04. The number of aliphatic hydroxyl groups is 1. The molecule has 0 saturated heterocycles. The fraction of sp³-hybridized carbons (Fsp3) is 0.235. The molecule has 7 nitrogen and oxygen atoms in total. The van der Waals surface area contributed by atoms with Gasteiger partial charge in [0.25, 0.3) is 0 Å². The third-order valence-corrected chi connectivity index (χ3v) is 3.62. The number of esters is 1. The molecule has 0 aliphatic heterocycles. The zero-order valence-electron chi connectivity index (χ0n) is 13.3. The maximum atomic E-state index is 11.6. The van der Waals surface area contributed by atoms with Gasteiger partial charge in [0.1, 0.15) is 0 Å². The Morgan fingerprint density at radius 2 is 1.88 bits per heavy atom. The van der Waals surface area contributed by atoms with E-state index in [0.29, 0.717) is 18.7 Å². The molecule has 1 aromatic carbocycles. The molecule has 2 aromatic heterocycles. The number of carbonyl (C=O) groups excluding carboxylic acids is 1. The second-order valence-electron chi connectivity index (χ2n) is 5.33. The van der Waals surface area contributed by atoms with Gasteiger partial charge in [-0.05, 0) is 17.7 Å². The summed E-state index contributed by atoms with van der Waals surface area (Å²) >= 11 is 0. The minimum absolute atomic E-state index is 0.0525. The summed E-state index contributed by atoms with van der Waals surface area (Å²) in [5.41, 5.74) is 3.37. The first-order valence-electron chi connectivity index (χ1n) is 7.53. The van der Waals surface area contributed by atoms with Crippen LogP contribution in [-0.2, 0) is 17.8 Å². The van der Waals surface area contributed by atoms with Gasteiger partial charge in [-0.2, -0.15) is 10.2 Å². The summed E-state index contributed by atoms with van der Waals surface area (Å²) in [6.07, 6.45) is 7.31. The minimum Gasteiger partial charge on any atom is -0.465 e. The first-order valence-corrected chi connectivity index (χ1v) is 7.53. The highest BCUT2D eigenvalue weighted by Gasteiger charge is 2.08. The summed E-state index contributed by atoms with van der Waals surface area (Å²) in [5.74, 6) is -0.352. The third kappa shape index (κ3) is 3.52. The fourth-order valence-electron chi connectivity index (χ4n) is 2.44. The van der Waals surface area contributed by atoms with Crippen molar-refractivity contribution in [3.63, 3.8) is 0 Å². The van der Waals surface area contributed by atoms with Crippen molar-refractivity contribution in [3.05, 3.63) is 60.2 Å². The van der Waals surface area contributed by atoms with E-state index in [2.05, 4.69) is 10.2 Å². The van der Waals surface area contributed by atoms with Gasteiger partial charge in [-0.3, -0.25) is 9.36 Å². The second kappa shape index (κ2) is 7.10. The predicted molar refractivity (Wildman–Crippen MR) is 87.4 cm³/mol. The number of hydrogen-bond acceptors (Lipinski definition) is 5. The van der Waals surface area contributed by atoms with Crippen LogP contribution >= 0.6 is 0 Å². The van der Waals surface area contributed by atoms with Crippen molar-refractivity contribution < 1.29 is 14.6 Å². The van der Waals surface area contributed by atoms with Crippen molar-refractivity contribution in [2.24, 2.45) is 0 Å². The Morgan fingerprint density at radius 3 is 2.58 bits per heavy atom. The molecule has 0 aliphatic carbocycles. The smallest absolute Gasteiger partial charge is 0.337 e. The highest BCUT2D eigenvalue weighted by Crippen LogP contribution is 2.18. The molecule has 0 spiro atoms. The van der Waals surface area contributed by atoms with E-state index in [9.17, 15) is 4.79 Å². The molecule has 7 heteroatoms. The van der Waals surface area contributed by atoms with Crippen LogP contribution in [0, 0.1) is 0 Å². The monoisotopic (exact) mass is 326 g/mol. The van der Waals surface area contributed by atoms with E-state index in [1.54, 1.807) is 33.9 Å². The van der Waals surface area contributed by atoms with E-state index in [1.165, 1.54) is 7.11 Å². The molecule has 0 atom stereocenters. The summed E-state index contributed by atoms with van der Waals surface area (Å²) in [7, 11) is 1.37. The zero-order chi connectivity index (χ0) is 16.9. The molecule has 0 amide bonds. The number of aromatic nitrogens is 4. The van der Waals surface area contributed by atoms with E-state index < -0.39 is 0 Å². The first kappa shape index (κ1) is 15.9. The van der Waals surface area contributed by atoms with Crippen molar-refractivity contribution >= 4 is 5.97 Å². The lowest BCUT2D eigenvalue weighted by atomic mass is 10.1. The Morgan fingerprint density at radius 1 is 1.17 bits per heavy atom. The normalized spacial score (nSPS) is 10.8. The maximum Gasteiger partial charge on any atom is 0.337 e. The molecule has 2 heterocycles. The summed E-state index contributed by atoms with van der Waals surface area (Å²) in [5, 5.41) is 17.5. The molecule has 0 radical (unpaired) electrons. The predicted octanol–water partition coefficient (Wildman–Crippen LogP) is 1.57. The number of aliphatic hydroxyl groups excluding tert-OH is 1. The lowest BCUT2D eigenvalue weighted by Crippen LogP contribution is -2.04. The average Bonchev–Trinajstić information content (AvgIpc) is 3.24. The van der Waals surface area contributed by atoms with Crippen LogP contribution in [0.15, 0.2) is 49.1 Å². The summed E-state index contributed by atoms with van der Waals surface area (Å²) in [6.45, 7) is 1.07. The van der Waals surface area contributed by atoms with E-state index >= 15 is 0 Å². The fourth-order valence-corrected chi connectivity index (χ4v) is 2.44. The topological polar surface area (TPSA) is 82.2 Å². The highest BCUT2D eigenvalue weighted by molar-refractivity contribution is 5.89. The van der Waals surface area contributed by atoms with Crippen molar-refractivity contribution in [3.8, 4) is 11.1 Å². The summed E-state index contributed by atoms with van der Waals surface area (Å²) in [6, 6.07) is 7.28. The molecule has 0 fully saturated rings. The van der Waals surface area contributed by atoms with E-state index in [4.69, 9.17) is 9.84 Å². The molecule has 3 aromatic rings. The molecule has 0 saturated carbocycles. The van der Waals surface area contributed by atoms with Crippen LogP contribution < -0.4 is 0 Å². The number of rotatable bonds is 6. The van der Waals surface area contributed by atoms with Gasteiger partial charge in [0.05, 0.1) is 44.8 Å². The SMILES string of the molecule is COC(=O)c1cccc(Cn2cc(-c3cnn(CCO)c3)cn2)c1. The number of carbonyl (C=O) groups is 1. The zero-order valence-corrected chi connectivity index (χ0v) is 13.3. The van der Waals surface area contributed by atoms with Gasteiger partial charge in [0, 0.05) is 23.5 Å². The molecule has 24 heavy (non-hydrogen) atoms. The van der Waals surface area contributed by atoms with E-state index in [-0.39, 0.29) is 12.6 Å². The Balaban J connectivity index is 1.75. The van der Waals surface area contributed by atoms with Crippen molar-refractivity contribution in [1.82, 2.24) is 19.6 Å². The Hall–Kier alpha value is -2.93. The van der Waals surface area contributed by atoms with Crippen molar-refractivity contribution in [1.29, 1.82) is 0 Å². The Labute approximate surface area is 139 Å². The van der Waals surface area contributed by atoms with Gasteiger partial charge in [-0.1, -0.05) is 12.1 Å². The number of ether oxygens (including phenoxy) is 1. The summed E-state index contributed by atoms with van der Waals surface area (Å²) < 4.78 is 8.22. The minimum atomic E-state index is -0.352. The van der Waals surface area contributed by atoms with Crippen molar-refractivity contribution in [2.75, 3.05) is 13.7 Å². The third-order valence-electron chi connectivity index (χ3n) is 3.62. The van der Waals surface area contributed by atoms with Crippen LogP contribution in [-0.4, -0.2) is 44.4 Å². The van der Waals surface area contributed by atoms with E-state index in [0.717, 1.165) is 16.7 Å². The molecule has 1 N–H and O–H groups in total. The van der Waals surface area contributed by atoms with Crippen LogP contribution in [0.1, 0.15) is 15.9 Å². The largest absolute Gasteiger partial charge is 0.465 e. The van der Waals surface area contributed by atoms with Gasteiger partial charge >= 0.3 is 5.97 Å². The van der Waals surface area contributed by atoms with Gasteiger partial charge in [0.15, 0.2) is 0 Å². The van der Waals surface area contributed by atoms with Crippen LogP contribution in [0.2, 0.25) is 0 Å². The maximum absolute atomic E-state index is 11.6.